The van der Waals surface area contributed by atoms with E-state index in [1.807, 2.05) is 0 Å². The van der Waals surface area contributed by atoms with Crippen molar-refractivity contribution >= 4 is 74.1 Å². The van der Waals surface area contributed by atoms with Gasteiger partial charge in [0.15, 0.2) is 0 Å². The van der Waals surface area contributed by atoms with Gasteiger partial charge in [0.1, 0.15) is 0 Å². The first kappa shape index (κ1) is 54.9. The predicted molar refractivity (Wildman–Crippen MR) is 213 cm³/mol. The Morgan fingerprint density at radius 2 is 0.340 bits per heavy atom. The van der Waals surface area contributed by atoms with Crippen LogP contribution in [0, 0.1) is 0 Å². The van der Waals surface area contributed by atoms with Gasteiger partial charge in [0, 0.05) is 39.6 Å². The number of hydrogen-bond donors (Lipinski definition) is 6. The molecule has 0 rings (SSSR count). The molecule has 0 aromatic carbocycles. The highest BCUT2D eigenvalue weighted by atomic mass is 32.5. The van der Waals surface area contributed by atoms with Crippen LogP contribution in [-0.2, 0) is 102 Å². The summed E-state index contributed by atoms with van der Waals surface area (Å²) >= 11 is 22.0. The Labute approximate surface area is 334 Å². The molecule has 0 aromatic rings. The summed E-state index contributed by atoms with van der Waals surface area (Å²) in [7, 11) is 0. The van der Waals surface area contributed by atoms with Crippen LogP contribution >= 0.6 is 26.9 Å². The lowest BCUT2D eigenvalue weighted by Gasteiger charge is -2.24. The van der Waals surface area contributed by atoms with Crippen molar-refractivity contribution in [1.82, 2.24) is 0 Å². The van der Waals surface area contributed by atoms with Gasteiger partial charge in [-0.2, -0.15) is 0 Å². The fourth-order valence-corrected chi connectivity index (χ4v) is 10.9. The minimum absolute atomic E-state index is 0.0727. The predicted octanol–water partition coefficient (Wildman–Crippen LogP) is 3.55. The number of aliphatic hydroxyl groups is 6. The summed E-state index contributed by atoms with van der Waals surface area (Å²) in [4.78, 5) is 0. The van der Waals surface area contributed by atoms with Crippen molar-refractivity contribution < 1.29 is 84.9 Å². The third-order valence-electron chi connectivity index (χ3n) is 5.67. The average molecular weight is 925 g/mol. The van der Waals surface area contributed by atoms with E-state index in [4.69, 9.17) is 132 Å². The molecule has 0 unspecified atom stereocenters. The average Bonchev–Trinajstić information content (AvgIpc) is 3.12. The molecule has 0 aliphatic rings. The van der Waals surface area contributed by atoms with Gasteiger partial charge in [-0.15, -0.1) is 0 Å². The third-order valence-corrected chi connectivity index (χ3v) is 15.5. The molecule has 0 bridgehead atoms. The Bertz CT molecular complexity index is 891. The molecule has 0 aliphatic carbocycles. The second kappa shape index (κ2) is 35.8. The van der Waals surface area contributed by atoms with Crippen LogP contribution in [0.25, 0.3) is 0 Å². The van der Waals surface area contributed by atoms with Crippen LogP contribution in [0.4, 0.5) is 0 Å². The molecule has 0 saturated heterocycles. The van der Waals surface area contributed by atoms with Crippen molar-refractivity contribution in [2.24, 2.45) is 0 Å². The molecule has 18 nitrogen and oxygen atoms in total. The van der Waals surface area contributed by atoms with Crippen LogP contribution in [0.1, 0.15) is 57.8 Å². The molecule has 0 radical (unpaired) electrons. The van der Waals surface area contributed by atoms with Gasteiger partial charge in [-0.05, 0) is 105 Å². The molecule has 26 heteroatoms. The van der Waals surface area contributed by atoms with Crippen molar-refractivity contribution in [2.75, 3.05) is 119 Å². The first-order chi connectivity index (χ1) is 25.5. The zero-order valence-corrected chi connectivity index (χ0v) is 36.9. The van der Waals surface area contributed by atoms with Gasteiger partial charge < -0.3 is 84.9 Å². The minimum atomic E-state index is -3.33. The van der Waals surface area contributed by atoms with Crippen molar-refractivity contribution in [3.05, 3.63) is 0 Å². The Morgan fingerprint density at radius 3 is 0.453 bits per heavy atom. The molecule has 0 amide bonds. The Balaban J connectivity index is 5.29. The number of rotatable bonds is 42. The SMILES string of the molecule is OCCCOP(=S)(OCCCO)OCCCOP(=S)(OCCCOP(=S)(OCCCO)OCCCO)OCCCOP(=S)(OCCCO)OCCCO. The smallest absolute Gasteiger partial charge is 0.327 e. The summed E-state index contributed by atoms with van der Waals surface area (Å²) in [6.07, 6.45) is 3.09. The molecule has 0 saturated carbocycles. The van der Waals surface area contributed by atoms with Gasteiger partial charge in [-0.25, -0.2) is 0 Å². The van der Waals surface area contributed by atoms with Gasteiger partial charge in [-0.3, -0.25) is 0 Å². The van der Waals surface area contributed by atoms with E-state index in [1.165, 1.54) is 0 Å². The molecule has 0 aliphatic heterocycles. The Kier molecular flexibility index (Phi) is 37.1. The topological polar surface area (TPSA) is 232 Å². The van der Waals surface area contributed by atoms with Gasteiger partial charge in [0.05, 0.1) is 79.3 Å². The maximum Gasteiger partial charge on any atom is 0.327 e. The van der Waals surface area contributed by atoms with Gasteiger partial charge in [0.25, 0.3) is 0 Å². The van der Waals surface area contributed by atoms with Crippen LogP contribution < -0.4 is 0 Å². The van der Waals surface area contributed by atoms with E-state index >= 15 is 0 Å². The molecule has 0 aromatic heterocycles. The zero-order chi connectivity index (χ0) is 39.6. The largest absolute Gasteiger partial charge is 0.396 e. The van der Waals surface area contributed by atoms with Gasteiger partial charge in [-0.1, -0.05) is 0 Å². The van der Waals surface area contributed by atoms with Crippen molar-refractivity contribution in [2.45, 2.75) is 57.8 Å². The maximum atomic E-state index is 9.08. The van der Waals surface area contributed by atoms with Crippen LogP contribution in [-0.4, -0.2) is 150 Å². The van der Waals surface area contributed by atoms with E-state index in [9.17, 15) is 0 Å². The van der Waals surface area contributed by atoms with E-state index < -0.39 is 26.9 Å². The summed E-state index contributed by atoms with van der Waals surface area (Å²) in [5.74, 6) is 0. The van der Waals surface area contributed by atoms with Crippen molar-refractivity contribution in [1.29, 1.82) is 0 Å². The first-order valence-corrected chi connectivity index (χ1v) is 27.5. The van der Waals surface area contributed by atoms with E-state index in [0.717, 1.165) is 0 Å². The van der Waals surface area contributed by atoms with E-state index in [0.29, 0.717) is 57.8 Å². The summed E-state index contributed by atoms with van der Waals surface area (Å²) in [5, 5.41) is 54.5. The van der Waals surface area contributed by atoms with Gasteiger partial charge in [0.2, 0.25) is 0 Å². The van der Waals surface area contributed by atoms with Crippen molar-refractivity contribution in [3.8, 4) is 0 Å². The quantitative estimate of drug-likeness (QED) is 0.0380. The molecular weight excluding hydrogens is 864 g/mol. The van der Waals surface area contributed by atoms with Crippen LogP contribution in [0.3, 0.4) is 0 Å². The Morgan fingerprint density at radius 1 is 0.226 bits per heavy atom. The molecule has 0 spiro atoms. The van der Waals surface area contributed by atoms with E-state index in [1.54, 1.807) is 0 Å². The lowest BCUT2D eigenvalue weighted by atomic mass is 10.5. The van der Waals surface area contributed by atoms with E-state index in [2.05, 4.69) is 0 Å². The summed E-state index contributed by atoms with van der Waals surface area (Å²) in [5.41, 5.74) is 0. The highest BCUT2D eigenvalue weighted by Gasteiger charge is 2.25. The van der Waals surface area contributed by atoms with Crippen LogP contribution in [0.15, 0.2) is 0 Å². The molecule has 6 N–H and O–H groups in total. The zero-order valence-electron chi connectivity index (χ0n) is 30.1. The first-order valence-electron chi connectivity index (χ1n) is 17.3. The van der Waals surface area contributed by atoms with E-state index in [-0.39, 0.29) is 119 Å². The number of aliphatic hydroxyl groups excluding tert-OH is 6. The van der Waals surface area contributed by atoms with Gasteiger partial charge >= 0.3 is 26.9 Å². The van der Waals surface area contributed by atoms with Crippen molar-refractivity contribution in [3.63, 3.8) is 0 Å². The van der Waals surface area contributed by atoms with Crippen LogP contribution in [0.2, 0.25) is 0 Å². The minimum Gasteiger partial charge on any atom is -0.396 e. The highest BCUT2D eigenvalue weighted by Crippen LogP contribution is 2.53. The molecule has 53 heavy (non-hydrogen) atoms. The fraction of sp³-hybridized carbons (Fsp3) is 1.00. The third kappa shape index (κ3) is 31.5. The monoisotopic (exact) mass is 924 g/mol. The lowest BCUT2D eigenvalue weighted by Crippen LogP contribution is -2.10. The fourth-order valence-electron chi connectivity index (χ4n) is 3.13. The molecular formula is C27H60O18P4S4. The second-order valence-electron chi connectivity index (χ2n) is 10.3. The lowest BCUT2D eigenvalue weighted by molar-refractivity contribution is 0.114. The maximum absolute atomic E-state index is 9.08. The molecule has 320 valence electrons. The molecule has 0 atom stereocenters. The second-order valence-corrected chi connectivity index (χ2v) is 22.4. The molecule has 0 fully saturated rings. The summed E-state index contributed by atoms with van der Waals surface area (Å²) in [6, 6.07) is 0. The highest BCUT2D eigenvalue weighted by molar-refractivity contribution is 8.08. The van der Waals surface area contributed by atoms with Crippen LogP contribution in [0.5, 0.6) is 0 Å². The molecule has 0 heterocycles. The normalized spacial score (nSPS) is 12.9. The number of hydrogen-bond acceptors (Lipinski definition) is 22. The Hall–Kier alpha value is 1.88. The standard InChI is InChI=1S/C27H60O18P4S4/c28-10-1-16-34-46(50,35-17-2-11-29)40-22-7-25-43-49(53,44-26-8-23-41-47(51,36-18-3-12-30)37-19-4-13-31)45-27-9-24-42-48(52,38-20-5-14-32)39-21-6-15-33/h28-33H,1-27H2. The summed E-state index contributed by atoms with van der Waals surface area (Å²) < 4.78 is 68.6. The summed E-state index contributed by atoms with van der Waals surface area (Å²) in [6.45, 7) is -11.8.